The molecule has 1 rings (SSSR count). The van der Waals surface area contributed by atoms with E-state index in [4.69, 9.17) is 10.6 Å². The van der Waals surface area contributed by atoms with Crippen molar-refractivity contribution in [3.05, 3.63) is 18.0 Å². The van der Waals surface area contributed by atoms with Gasteiger partial charge < -0.3 is 10.1 Å². The predicted octanol–water partition coefficient (Wildman–Crippen LogP) is -0.646. The van der Waals surface area contributed by atoms with E-state index in [0.29, 0.717) is 19.1 Å². The van der Waals surface area contributed by atoms with Crippen LogP contribution in [-0.2, 0) is 11.3 Å². The van der Waals surface area contributed by atoms with E-state index in [1.807, 2.05) is 6.92 Å². The molecular weight excluding hydrogens is 208 g/mol. The van der Waals surface area contributed by atoms with Crippen LogP contribution < -0.4 is 16.6 Å². The number of nitrogens with two attached hydrogens (primary N) is 1. The highest BCUT2D eigenvalue weighted by molar-refractivity contribution is 5.79. The van der Waals surface area contributed by atoms with E-state index in [1.54, 1.807) is 19.5 Å². The van der Waals surface area contributed by atoms with E-state index in [1.165, 1.54) is 0 Å². The standard InChI is InChI=1S/C9H18N6O/c1-7(6-16-2)14-9(15-10)11-3-8-4-12-13-5-8/h4-5,7H,3,6,10H2,1-2H3,(H,12,13)(H2,11,14,15). The summed E-state index contributed by atoms with van der Waals surface area (Å²) in [6.45, 7) is 3.09. The maximum absolute atomic E-state index is 5.35. The van der Waals surface area contributed by atoms with E-state index >= 15 is 0 Å². The van der Waals surface area contributed by atoms with Crippen molar-refractivity contribution in [2.75, 3.05) is 13.7 Å². The van der Waals surface area contributed by atoms with E-state index in [-0.39, 0.29) is 6.04 Å². The minimum absolute atomic E-state index is 0.143. The number of hydrogen-bond donors (Lipinski definition) is 4. The summed E-state index contributed by atoms with van der Waals surface area (Å²) < 4.78 is 5.00. The predicted molar refractivity (Wildman–Crippen MR) is 61.5 cm³/mol. The van der Waals surface area contributed by atoms with Gasteiger partial charge in [-0.05, 0) is 6.92 Å². The van der Waals surface area contributed by atoms with Crippen LogP contribution in [0.4, 0.5) is 0 Å². The summed E-state index contributed by atoms with van der Waals surface area (Å²) in [5.74, 6) is 5.88. The van der Waals surface area contributed by atoms with Gasteiger partial charge in [-0.1, -0.05) is 0 Å². The molecule has 0 aliphatic heterocycles. The normalized spacial score (nSPS) is 13.6. The molecule has 7 nitrogen and oxygen atoms in total. The number of aromatic nitrogens is 2. The lowest BCUT2D eigenvalue weighted by Gasteiger charge is -2.15. The van der Waals surface area contributed by atoms with Crippen molar-refractivity contribution in [2.24, 2.45) is 10.8 Å². The zero-order valence-electron chi connectivity index (χ0n) is 9.53. The smallest absolute Gasteiger partial charge is 0.206 e. The number of H-pyrrole nitrogens is 1. The number of rotatable bonds is 5. The van der Waals surface area contributed by atoms with Gasteiger partial charge in [-0.3, -0.25) is 10.5 Å². The third kappa shape index (κ3) is 4.28. The molecule has 1 aromatic heterocycles. The Morgan fingerprint density at radius 2 is 2.56 bits per heavy atom. The maximum atomic E-state index is 5.35. The van der Waals surface area contributed by atoms with Crippen LogP contribution in [0, 0.1) is 0 Å². The SMILES string of the molecule is COCC(C)NC(=NCc1cn[nH]c1)NN. The maximum Gasteiger partial charge on any atom is 0.206 e. The molecule has 16 heavy (non-hydrogen) atoms. The fraction of sp³-hybridized carbons (Fsp3) is 0.556. The second kappa shape index (κ2) is 6.81. The fourth-order valence-electron chi connectivity index (χ4n) is 1.19. The molecule has 7 heteroatoms. The zero-order chi connectivity index (χ0) is 11.8. The first-order valence-electron chi connectivity index (χ1n) is 5.00. The molecule has 1 unspecified atom stereocenters. The van der Waals surface area contributed by atoms with Crippen molar-refractivity contribution < 1.29 is 4.74 Å². The van der Waals surface area contributed by atoms with Gasteiger partial charge in [-0.2, -0.15) is 5.10 Å². The van der Waals surface area contributed by atoms with Crippen molar-refractivity contribution in [1.82, 2.24) is 20.9 Å². The van der Waals surface area contributed by atoms with Gasteiger partial charge >= 0.3 is 0 Å². The lowest BCUT2D eigenvalue weighted by atomic mass is 10.3. The van der Waals surface area contributed by atoms with Crippen molar-refractivity contribution in [3.8, 4) is 0 Å². The van der Waals surface area contributed by atoms with E-state index < -0.39 is 0 Å². The van der Waals surface area contributed by atoms with Gasteiger partial charge in [-0.15, -0.1) is 0 Å². The first-order valence-corrected chi connectivity index (χ1v) is 5.00. The quantitative estimate of drug-likeness (QED) is 0.231. The molecule has 0 aliphatic rings. The summed E-state index contributed by atoms with van der Waals surface area (Å²) in [5, 5.41) is 9.64. The van der Waals surface area contributed by atoms with Gasteiger partial charge in [0.2, 0.25) is 5.96 Å². The van der Waals surface area contributed by atoms with Crippen LogP contribution in [0.15, 0.2) is 17.4 Å². The Bertz CT molecular complexity index is 310. The summed E-state index contributed by atoms with van der Waals surface area (Å²) in [5.41, 5.74) is 3.50. The van der Waals surface area contributed by atoms with Crippen LogP contribution in [-0.4, -0.2) is 35.9 Å². The third-order valence-electron chi connectivity index (χ3n) is 1.91. The van der Waals surface area contributed by atoms with Gasteiger partial charge in [0.05, 0.1) is 19.3 Å². The lowest BCUT2D eigenvalue weighted by Crippen LogP contribution is -2.46. The fourth-order valence-corrected chi connectivity index (χ4v) is 1.19. The Kier molecular flexibility index (Phi) is 5.30. The Hall–Kier alpha value is -1.60. The number of hydrazine groups is 1. The second-order valence-electron chi connectivity index (χ2n) is 3.42. The summed E-state index contributed by atoms with van der Waals surface area (Å²) in [7, 11) is 1.65. The molecule has 0 amide bonds. The minimum atomic E-state index is 0.143. The zero-order valence-corrected chi connectivity index (χ0v) is 9.53. The first-order chi connectivity index (χ1) is 7.76. The van der Waals surface area contributed by atoms with Crippen LogP contribution in [0.25, 0.3) is 0 Å². The first kappa shape index (κ1) is 12.5. The number of ether oxygens (including phenoxy) is 1. The highest BCUT2D eigenvalue weighted by Gasteiger charge is 2.03. The highest BCUT2D eigenvalue weighted by atomic mass is 16.5. The van der Waals surface area contributed by atoms with Crippen LogP contribution in [0.1, 0.15) is 12.5 Å². The number of aliphatic imine (C=N–C) groups is 1. The van der Waals surface area contributed by atoms with Crippen molar-refractivity contribution in [1.29, 1.82) is 0 Å². The van der Waals surface area contributed by atoms with Gasteiger partial charge in [0.15, 0.2) is 0 Å². The topological polar surface area (TPSA) is 100 Å². The molecule has 5 N–H and O–H groups in total. The number of hydrogen-bond acceptors (Lipinski definition) is 4. The third-order valence-corrected chi connectivity index (χ3v) is 1.91. The molecule has 0 radical (unpaired) electrons. The Balaban J connectivity index is 2.43. The number of methoxy groups -OCH3 is 1. The Labute approximate surface area is 94.4 Å². The average Bonchev–Trinajstić information content (AvgIpc) is 2.77. The second-order valence-corrected chi connectivity index (χ2v) is 3.42. The van der Waals surface area contributed by atoms with Crippen molar-refractivity contribution >= 4 is 5.96 Å². The van der Waals surface area contributed by atoms with Crippen LogP contribution in [0.5, 0.6) is 0 Å². The van der Waals surface area contributed by atoms with E-state index in [2.05, 4.69) is 25.9 Å². The monoisotopic (exact) mass is 226 g/mol. The van der Waals surface area contributed by atoms with Crippen LogP contribution in [0.2, 0.25) is 0 Å². The Morgan fingerprint density at radius 1 is 1.75 bits per heavy atom. The van der Waals surface area contributed by atoms with Gasteiger partial charge in [0.1, 0.15) is 0 Å². The summed E-state index contributed by atoms with van der Waals surface area (Å²) in [6, 6.07) is 0.143. The number of aromatic amines is 1. The van der Waals surface area contributed by atoms with Gasteiger partial charge in [-0.25, -0.2) is 10.8 Å². The molecule has 1 heterocycles. The van der Waals surface area contributed by atoms with Crippen molar-refractivity contribution in [2.45, 2.75) is 19.5 Å². The summed E-state index contributed by atoms with van der Waals surface area (Å²) >= 11 is 0. The number of nitrogens with one attached hydrogen (secondary N) is 3. The van der Waals surface area contributed by atoms with Crippen LogP contribution >= 0.6 is 0 Å². The molecule has 0 aliphatic carbocycles. The molecule has 0 fully saturated rings. The Morgan fingerprint density at radius 3 is 3.12 bits per heavy atom. The molecular formula is C9H18N6O. The molecule has 0 saturated heterocycles. The molecule has 1 aromatic rings. The minimum Gasteiger partial charge on any atom is -0.383 e. The average molecular weight is 226 g/mol. The van der Waals surface area contributed by atoms with Gasteiger partial charge in [0, 0.05) is 24.9 Å². The molecule has 0 spiro atoms. The molecule has 0 bridgehead atoms. The summed E-state index contributed by atoms with van der Waals surface area (Å²) in [6.07, 6.45) is 3.51. The van der Waals surface area contributed by atoms with E-state index in [9.17, 15) is 0 Å². The molecule has 1 atom stereocenters. The molecule has 90 valence electrons. The molecule has 0 saturated carbocycles. The largest absolute Gasteiger partial charge is 0.383 e. The van der Waals surface area contributed by atoms with Crippen molar-refractivity contribution in [3.63, 3.8) is 0 Å². The van der Waals surface area contributed by atoms with E-state index in [0.717, 1.165) is 5.56 Å². The summed E-state index contributed by atoms with van der Waals surface area (Å²) in [4.78, 5) is 4.26. The van der Waals surface area contributed by atoms with Crippen LogP contribution in [0.3, 0.4) is 0 Å². The number of nitrogens with zero attached hydrogens (tertiary/aromatic N) is 2. The number of guanidine groups is 1. The molecule has 0 aromatic carbocycles. The lowest BCUT2D eigenvalue weighted by molar-refractivity contribution is 0.179. The van der Waals surface area contributed by atoms with Gasteiger partial charge in [0.25, 0.3) is 0 Å². The highest BCUT2D eigenvalue weighted by Crippen LogP contribution is 1.95.